The molecular weight excluding hydrogens is 492 g/mol. The molecule has 1 aromatic carbocycles. The summed E-state index contributed by atoms with van der Waals surface area (Å²) in [5.41, 5.74) is 1.15. The van der Waals surface area contributed by atoms with E-state index in [-0.39, 0.29) is 17.5 Å². The van der Waals surface area contributed by atoms with Crippen molar-refractivity contribution in [1.82, 2.24) is 15.6 Å². The van der Waals surface area contributed by atoms with Crippen molar-refractivity contribution < 1.29 is 27.3 Å². The van der Waals surface area contributed by atoms with Crippen molar-refractivity contribution in [2.45, 2.75) is 72.1 Å². The van der Waals surface area contributed by atoms with Gasteiger partial charge in [0.25, 0.3) is 0 Å². The highest BCUT2D eigenvalue weighted by Gasteiger charge is 2.28. The van der Waals surface area contributed by atoms with E-state index in [0.717, 1.165) is 11.3 Å². The molecule has 194 valence electrons. The van der Waals surface area contributed by atoms with Gasteiger partial charge in [0.1, 0.15) is 16.7 Å². The average molecular weight is 527 g/mol. The highest BCUT2D eigenvalue weighted by molar-refractivity contribution is 7.87. The summed E-state index contributed by atoms with van der Waals surface area (Å²) in [4.78, 5) is 30.1. The molecule has 0 radical (unpaired) electrons. The lowest BCUT2D eigenvalue weighted by atomic mass is 10.0. The standard InChI is InChI=1S/C23H34N4O6S2/c1-14(2)11-18(26-22(29)33-23(4,5)6)20(28)25-19(21-24-15(3)13-34-21)12-16-7-9-17(10-8-16)27-35(30,31)32/h7-10,13-14,18-19,27H,11-12H2,1-6H3,(H,25,28)(H,26,29)(H,30,31,32)/t18-,19-/m0/s1. The summed E-state index contributed by atoms with van der Waals surface area (Å²) in [7, 11) is -4.37. The lowest BCUT2D eigenvalue weighted by Gasteiger charge is -2.26. The van der Waals surface area contributed by atoms with Crippen molar-refractivity contribution in [3.8, 4) is 0 Å². The molecule has 35 heavy (non-hydrogen) atoms. The fourth-order valence-corrected chi connectivity index (χ4v) is 4.53. The number of hydrogen-bond donors (Lipinski definition) is 4. The van der Waals surface area contributed by atoms with Crippen LogP contribution in [0.1, 0.15) is 63.3 Å². The first-order chi connectivity index (χ1) is 16.1. The molecule has 0 saturated carbocycles. The van der Waals surface area contributed by atoms with Gasteiger partial charge in [-0.1, -0.05) is 26.0 Å². The van der Waals surface area contributed by atoms with Crippen LogP contribution in [0.25, 0.3) is 0 Å². The molecule has 0 bridgehead atoms. The second-order valence-electron chi connectivity index (χ2n) is 9.69. The van der Waals surface area contributed by atoms with Gasteiger partial charge >= 0.3 is 16.4 Å². The summed E-state index contributed by atoms with van der Waals surface area (Å²) in [5, 5.41) is 8.28. The van der Waals surface area contributed by atoms with Gasteiger partial charge in [0.15, 0.2) is 0 Å². The van der Waals surface area contributed by atoms with Crippen LogP contribution in [-0.2, 0) is 26.3 Å². The number of ether oxygens (including phenoxy) is 1. The number of benzene rings is 1. The summed E-state index contributed by atoms with van der Waals surface area (Å²) in [6, 6.07) is 5.14. The number of amides is 2. The number of alkyl carbamates (subject to hydrolysis) is 1. The molecule has 1 aromatic heterocycles. The summed E-state index contributed by atoms with van der Waals surface area (Å²) in [5.74, 6) is -0.212. The van der Waals surface area contributed by atoms with Crippen LogP contribution in [0.3, 0.4) is 0 Å². The molecule has 12 heteroatoms. The molecule has 4 N–H and O–H groups in total. The van der Waals surface area contributed by atoms with Gasteiger partial charge in [-0.05, 0) is 64.2 Å². The van der Waals surface area contributed by atoms with E-state index in [1.165, 1.54) is 23.5 Å². The number of carbonyl (C=O) groups is 2. The van der Waals surface area contributed by atoms with E-state index in [1.807, 2.05) is 30.9 Å². The molecule has 2 rings (SSSR count). The zero-order chi connectivity index (χ0) is 26.4. The predicted octanol–water partition coefficient (Wildman–Crippen LogP) is 4.01. The Morgan fingerprint density at radius 3 is 2.26 bits per heavy atom. The van der Waals surface area contributed by atoms with Crippen LogP contribution >= 0.6 is 11.3 Å². The van der Waals surface area contributed by atoms with Crippen LogP contribution in [0.4, 0.5) is 10.5 Å². The van der Waals surface area contributed by atoms with Crippen molar-refractivity contribution in [2.24, 2.45) is 5.92 Å². The van der Waals surface area contributed by atoms with Crippen molar-refractivity contribution >= 4 is 39.3 Å². The second-order valence-corrected chi connectivity index (χ2v) is 11.7. The highest BCUT2D eigenvalue weighted by atomic mass is 32.2. The monoisotopic (exact) mass is 526 g/mol. The Balaban J connectivity index is 2.21. The number of aryl methyl sites for hydroxylation is 1. The first-order valence-electron chi connectivity index (χ1n) is 11.2. The number of aromatic nitrogens is 1. The minimum absolute atomic E-state index is 0.143. The Kier molecular flexibility index (Phi) is 9.64. The van der Waals surface area contributed by atoms with Crippen molar-refractivity contribution in [3.63, 3.8) is 0 Å². The maximum Gasteiger partial charge on any atom is 0.408 e. The summed E-state index contributed by atoms with van der Waals surface area (Å²) >= 11 is 1.41. The molecule has 0 aliphatic heterocycles. The zero-order valence-electron chi connectivity index (χ0n) is 20.8. The number of rotatable bonds is 10. The molecule has 0 aliphatic carbocycles. The van der Waals surface area contributed by atoms with E-state index >= 15 is 0 Å². The normalized spacial score (nSPS) is 13.7. The van der Waals surface area contributed by atoms with Crippen LogP contribution in [0.5, 0.6) is 0 Å². The molecule has 0 aliphatic rings. The number of nitrogens with one attached hydrogen (secondary N) is 3. The lowest BCUT2D eigenvalue weighted by molar-refractivity contribution is -0.124. The van der Waals surface area contributed by atoms with Crippen LogP contribution in [0, 0.1) is 12.8 Å². The average Bonchev–Trinajstić information content (AvgIpc) is 3.11. The Morgan fingerprint density at radius 2 is 1.77 bits per heavy atom. The molecule has 2 atom stereocenters. The minimum atomic E-state index is -4.37. The van der Waals surface area contributed by atoms with E-state index in [1.54, 1.807) is 32.9 Å². The Morgan fingerprint density at radius 1 is 1.14 bits per heavy atom. The molecule has 2 aromatic rings. The van der Waals surface area contributed by atoms with E-state index in [9.17, 15) is 18.0 Å². The van der Waals surface area contributed by atoms with E-state index < -0.39 is 34.1 Å². The molecule has 0 unspecified atom stereocenters. The maximum atomic E-state index is 13.3. The van der Waals surface area contributed by atoms with E-state index in [0.29, 0.717) is 17.8 Å². The topological polar surface area (TPSA) is 147 Å². The molecule has 0 saturated heterocycles. The Bertz CT molecular complexity index is 1110. The van der Waals surface area contributed by atoms with Gasteiger partial charge in [0, 0.05) is 11.1 Å². The summed E-state index contributed by atoms with van der Waals surface area (Å²) in [6.07, 6.45) is 0.137. The minimum Gasteiger partial charge on any atom is -0.444 e. The summed E-state index contributed by atoms with van der Waals surface area (Å²) < 4.78 is 38.3. The largest absolute Gasteiger partial charge is 0.444 e. The SMILES string of the molecule is Cc1csc([C@H](Cc2ccc(NS(=O)(=O)O)cc2)NC(=O)[C@H](CC(C)C)NC(=O)OC(C)(C)C)n1. The number of nitrogens with zero attached hydrogens (tertiary/aromatic N) is 1. The summed E-state index contributed by atoms with van der Waals surface area (Å²) in [6.45, 7) is 11.0. The van der Waals surface area contributed by atoms with E-state index in [4.69, 9.17) is 9.29 Å². The predicted molar refractivity (Wildman–Crippen MR) is 136 cm³/mol. The molecule has 1 heterocycles. The fraction of sp³-hybridized carbons (Fsp3) is 0.522. The Labute approximate surface area is 210 Å². The Hall–Kier alpha value is -2.70. The van der Waals surface area contributed by atoms with Crippen LogP contribution < -0.4 is 15.4 Å². The van der Waals surface area contributed by atoms with Gasteiger partial charge in [0.05, 0.1) is 11.7 Å². The lowest BCUT2D eigenvalue weighted by Crippen LogP contribution is -2.49. The molecule has 0 fully saturated rings. The first kappa shape index (κ1) is 28.5. The molecule has 10 nitrogen and oxygen atoms in total. The maximum absolute atomic E-state index is 13.3. The highest BCUT2D eigenvalue weighted by Crippen LogP contribution is 2.24. The van der Waals surface area contributed by atoms with Crippen molar-refractivity contribution in [2.75, 3.05) is 4.72 Å². The van der Waals surface area contributed by atoms with Crippen LogP contribution in [-0.4, -0.2) is 41.6 Å². The van der Waals surface area contributed by atoms with Gasteiger partial charge in [-0.3, -0.25) is 14.1 Å². The first-order valence-corrected chi connectivity index (χ1v) is 13.5. The van der Waals surface area contributed by atoms with Gasteiger partial charge in [-0.15, -0.1) is 11.3 Å². The second kappa shape index (κ2) is 11.8. The van der Waals surface area contributed by atoms with Crippen molar-refractivity contribution in [3.05, 3.63) is 45.9 Å². The zero-order valence-corrected chi connectivity index (χ0v) is 22.4. The molecular formula is C23H34N4O6S2. The number of anilines is 1. The third kappa shape index (κ3) is 10.6. The number of carbonyl (C=O) groups excluding carboxylic acids is 2. The van der Waals surface area contributed by atoms with Crippen LogP contribution in [0.15, 0.2) is 29.6 Å². The quantitative estimate of drug-likeness (QED) is 0.342. The number of hydrogen-bond acceptors (Lipinski definition) is 7. The van der Waals surface area contributed by atoms with Crippen molar-refractivity contribution in [1.29, 1.82) is 0 Å². The number of thiazole rings is 1. The molecule has 2 amide bonds. The van der Waals surface area contributed by atoms with Gasteiger partial charge in [-0.2, -0.15) is 8.42 Å². The fourth-order valence-electron chi connectivity index (χ4n) is 3.25. The van der Waals surface area contributed by atoms with Gasteiger partial charge in [-0.25, -0.2) is 9.78 Å². The van der Waals surface area contributed by atoms with Crippen LogP contribution in [0.2, 0.25) is 0 Å². The van der Waals surface area contributed by atoms with Gasteiger partial charge < -0.3 is 15.4 Å². The van der Waals surface area contributed by atoms with E-state index in [2.05, 4.69) is 15.6 Å². The third-order valence-corrected chi connectivity index (χ3v) is 6.18. The molecule has 0 spiro atoms. The van der Waals surface area contributed by atoms with Gasteiger partial charge in [0.2, 0.25) is 5.91 Å². The third-order valence-electron chi connectivity index (χ3n) is 4.61. The smallest absolute Gasteiger partial charge is 0.408 e.